The van der Waals surface area contributed by atoms with Crippen LogP contribution >= 0.6 is 0 Å². The summed E-state index contributed by atoms with van der Waals surface area (Å²) in [5.74, 6) is 2.81. The highest BCUT2D eigenvalue weighted by Crippen LogP contribution is 2.13. The van der Waals surface area contributed by atoms with Crippen molar-refractivity contribution in [3.8, 4) is 12.0 Å². The Labute approximate surface area is 199 Å². The molecule has 0 aromatic heterocycles. The van der Waals surface area contributed by atoms with Crippen molar-refractivity contribution in [3.05, 3.63) is 12.2 Å². The number of nitrogens with zero attached hydrogens (tertiary/aromatic N) is 1. The summed E-state index contributed by atoms with van der Waals surface area (Å²) in [6, 6.07) is 3.10. The lowest BCUT2D eigenvalue weighted by Crippen LogP contribution is -3.00. The zero-order valence-corrected chi connectivity index (χ0v) is 21.1. The number of aliphatic hydroxyl groups excluding tert-OH is 3. The Balaban J connectivity index is 0. The van der Waals surface area contributed by atoms with E-state index in [9.17, 15) is 15.3 Å². The molecule has 0 spiro atoms. The maximum absolute atomic E-state index is 9.45. The summed E-state index contributed by atoms with van der Waals surface area (Å²) in [6.45, 7) is 5.82. The Kier molecular flexibility index (Phi) is 25.3. The van der Waals surface area contributed by atoms with Gasteiger partial charge in [0, 0.05) is 0 Å². The molecule has 0 amide bonds. The van der Waals surface area contributed by atoms with E-state index < -0.39 is 6.10 Å². The molecule has 0 saturated heterocycles. The monoisotopic (exact) mass is 459 g/mol. The molecule has 31 heavy (non-hydrogen) atoms. The first-order valence-electron chi connectivity index (χ1n) is 12.5. The van der Waals surface area contributed by atoms with E-state index in [1.165, 1.54) is 77.0 Å². The van der Waals surface area contributed by atoms with Gasteiger partial charge in [0.2, 0.25) is 0 Å². The molecule has 0 saturated carbocycles. The van der Waals surface area contributed by atoms with E-state index in [0.29, 0.717) is 17.6 Å². The molecule has 0 fully saturated rings. The Bertz CT molecular complexity index is 451. The predicted octanol–water partition coefficient (Wildman–Crippen LogP) is 2.17. The normalized spacial score (nSPS) is 12.4. The summed E-state index contributed by atoms with van der Waals surface area (Å²) in [4.78, 5) is 0. The summed E-state index contributed by atoms with van der Waals surface area (Å²) in [7, 11) is 0. The zero-order valence-electron chi connectivity index (χ0n) is 20.3. The molecule has 3 N–H and O–H groups in total. The van der Waals surface area contributed by atoms with Gasteiger partial charge in [0.25, 0.3) is 0 Å². The first-order chi connectivity index (χ1) is 14.6. The second-order valence-electron chi connectivity index (χ2n) is 8.63. The predicted molar refractivity (Wildman–Crippen MR) is 128 cm³/mol. The lowest BCUT2D eigenvalue weighted by Gasteiger charge is -2.30. The number of rotatable bonds is 20. The van der Waals surface area contributed by atoms with Gasteiger partial charge in [0.05, 0.1) is 19.8 Å². The largest absolute Gasteiger partial charge is 1.00 e. The van der Waals surface area contributed by atoms with E-state index in [1.807, 2.05) is 0 Å². The zero-order chi connectivity index (χ0) is 22.3. The molecule has 0 aromatic carbocycles. The molecule has 0 bridgehead atoms. The highest BCUT2D eigenvalue weighted by Gasteiger charge is 2.24. The smallest absolute Gasteiger partial charge is 0.140 e. The number of halogens is 1. The average molecular weight is 460 g/mol. The van der Waals surface area contributed by atoms with Gasteiger partial charge < -0.3 is 27.7 Å². The Morgan fingerprint density at radius 3 is 1.61 bits per heavy atom. The molecular formula is C26H50ClNO3. The Hall–Kier alpha value is -0.570. The van der Waals surface area contributed by atoms with Gasteiger partial charge in [-0.15, -0.1) is 0 Å². The maximum atomic E-state index is 9.45. The lowest BCUT2D eigenvalue weighted by atomic mass is 10.1. The fourth-order valence-electron chi connectivity index (χ4n) is 3.78. The number of allylic oxidation sites excluding steroid dienone is 2. The fraction of sp³-hybridized carbons (Fsp3) is 0.846. The highest BCUT2D eigenvalue weighted by atomic mass is 35.5. The third kappa shape index (κ3) is 21.1. The van der Waals surface area contributed by atoms with Crippen molar-refractivity contribution in [2.45, 2.75) is 110 Å². The third-order valence-corrected chi connectivity index (χ3v) is 5.66. The number of hydrogen-bond acceptors (Lipinski definition) is 3. The summed E-state index contributed by atoms with van der Waals surface area (Å²) < 4.78 is 0.376. The maximum Gasteiger partial charge on any atom is 0.140 e. The van der Waals surface area contributed by atoms with Crippen molar-refractivity contribution in [2.24, 2.45) is 0 Å². The van der Waals surface area contributed by atoms with E-state index >= 15 is 0 Å². The van der Waals surface area contributed by atoms with Crippen LogP contribution in [-0.2, 0) is 0 Å². The molecule has 1 unspecified atom stereocenters. The van der Waals surface area contributed by atoms with Crippen molar-refractivity contribution in [2.75, 3.05) is 32.8 Å². The van der Waals surface area contributed by atoms with Crippen LogP contribution in [0.5, 0.6) is 0 Å². The standard InChI is InChI=1S/C26H50NO3.ClH/c1-3-4-5-6-7-8-9-10-11-12-13-14-15-16-17-18-20-27(22-24-28,23-25-29)21-19-26(2)30;/h10-11,26,28-30H,3-9,12-18,20,22-25H2,1-2H3;1H/q+1;/p-1/b11-10-;. The van der Waals surface area contributed by atoms with Crippen LogP contribution in [0.15, 0.2) is 12.2 Å². The second kappa shape index (κ2) is 24.1. The first-order valence-corrected chi connectivity index (χ1v) is 12.5. The summed E-state index contributed by atoms with van der Waals surface area (Å²) >= 11 is 0. The van der Waals surface area contributed by atoms with Gasteiger partial charge in [-0.2, -0.15) is 0 Å². The Morgan fingerprint density at radius 2 is 1.16 bits per heavy atom. The van der Waals surface area contributed by atoms with Gasteiger partial charge in [-0.05, 0) is 51.4 Å². The SMILES string of the molecule is CCCCCCCC/C=C\CCCCCCCC[N+](C#CC(C)O)(CCO)CCO.[Cl-]. The van der Waals surface area contributed by atoms with E-state index in [4.69, 9.17) is 0 Å². The summed E-state index contributed by atoms with van der Waals surface area (Å²) in [5.41, 5.74) is 0. The van der Waals surface area contributed by atoms with Gasteiger partial charge >= 0.3 is 0 Å². The molecule has 4 nitrogen and oxygen atoms in total. The third-order valence-electron chi connectivity index (χ3n) is 5.66. The average Bonchev–Trinajstić information content (AvgIpc) is 2.72. The van der Waals surface area contributed by atoms with Crippen LogP contribution in [0, 0.1) is 12.0 Å². The van der Waals surface area contributed by atoms with Gasteiger partial charge in [-0.3, -0.25) is 0 Å². The van der Waals surface area contributed by atoms with Gasteiger partial charge in [0.1, 0.15) is 25.2 Å². The molecule has 1 atom stereocenters. The van der Waals surface area contributed by atoms with Crippen molar-refractivity contribution < 1.29 is 32.2 Å². The number of quaternary nitrogens is 1. The minimum atomic E-state index is -0.681. The van der Waals surface area contributed by atoms with Crippen LogP contribution in [0.3, 0.4) is 0 Å². The minimum absolute atomic E-state index is 0. The van der Waals surface area contributed by atoms with Crippen molar-refractivity contribution in [1.29, 1.82) is 0 Å². The molecule has 5 heteroatoms. The number of aliphatic hydroxyl groups is 3. The van der Waals surface area contributed by atoms with E-state index in [0.717, 1.165) is 19.4 Å². The van der Waals surface area contributed by atoms with Crippen molar-refractivity contribution in [3.63, 3.8) is 0 Å². The van der Waals surface area contributed by atoms with Crippen molar-refractivity contribution >= 4 is 0 Å². The summed E-state index contributed by atoms with van der Waals surface area (Å²) in [5, 5.41) is 28.2. The van der Waals surface area contributed by atoms with Crippen LogP contribution in [0.25, 0.3) is 0 Å². The molecule has 0 heterocycles. The molecule has 0 radical (unpaired) electrons. The van der Waals surface area contributed by atoms with Crippen LogP contribution in [0.2, 0.25) is 0 Å². The first kappa shape index (κ1) is 32.6. The van der Waals surface area contributed by atoms with E-state index in [2.05, 4.69) is 31.0 Å². The lowest BCUT2D eigenvalue weighted by molar-refractivity contribution is -0.865. The van der Waals surface area contributed by atoms with Crippen LogP contribution in [-0.4, -0.2) is 58.8 Å². The van der Waals surface area contributed by atoms with Gasteiger partial charge in [-0.25, -0.2) is 4.48 Å². The minimum Gasteiger partial charge on any atom is -1.00 e. The highest BCUT2D eigenvalue weighted by molar-refractivity contribution is 4.97. The van der Waals surface area contributed by atoms with Gasteiger partial charge in [0.15, 0.2) is 0 Å². The Morgan fingerprint density at radius 1 is 0.710 bits per heavy atom. The van der Waals surface area contributed by atoms with Gasteiger partial charge in [-0.1, -0.05) is 70.4 Å². The number of hydrogen-bond donors (Lipinski definition) is 3. The van der Waals surface area contributed by atoms with Crippen LogP contribution in [0.4, 0.5) is 0 Å². The van der Waals surface area contributed by atoms with Crippen LogP contribution < -0.4 is 12.4 Å². The summed E-state index contributed by atoms with van der Waals surface area (Å²) in [6.07, 6.45) is 22.0. The molecule has 0 rings (SSSR count). The molecule has 0 aromatic rings. The van der Waals surface area contributed by atoms with E-state index in [1.54, 1.807) is 6.92 Å². The molecule has 184 valence electrons. The van der Waals surface area contributed by atoms with E-state index in [-0.39, 0.29) is 25.6 Å². The quantitative estimate of drug-likeness (QED) is 0.113. The van der Waals surface area contributed by atoms with Crippen LogP contribution in [0.1, 0.15) is 104 Å². The second-order valence-corrected chi connectivity index (χ2v) is 8.63. The molecule has 0 aliphatic heterocycles. The van der Waals surface area contributed by atoms with Crippen molar-refractivity contribution in [1.82, 2.24) is 0 Å². The fourth-order valence-corrected chi connectivity index (χ4v) is 3.78. The topological polar surface area (TPSA) is 60.7 Å². The molecule has 0 aliphatic rings. The molecule has 0 aliphatic carbocycles. The number of unbranched alkanes of at least 4 members (excludes halogenated alkanes) is 12. The molecular weight excluding hydrogens is 410 g/mol.